The lowest BCUT2D eigenvalue weighted by atomic mass is 9.87. The highest BCUT2D eigenvalue weighted by Crippen LogP contribution is 2.39. The zero-order valence-electron chi connectivity index (χ0n) is 14.5. The highest BCUT2D eigenvalue weighted by molar-refractivity contribution is 6.54. The summed E-state index contributed by atoms with van der Waals surface area (Å²) in [6, 6.07) is 7.65. The van der Waals surface area contributed by atoms with Crippen molar-refractivity contribution in [1.82, 2.24) is 4.98 Å². The van der Waals surface area contributed by atoms with E-state index in [1.54, 1.807) is 0 Å². The van der Waals surface area contributed by atoms with Gasteiger partial charge in [-0.15, -0.1) is 0 Å². The first-order valence-corrected chi connectivity index (χ1v) is 8.27. The molecule has 1 aromatic carbocycles. The molecule has 0 atom stereocenters. The maximum atomic E-state index is 14.7. The van der Waals surface area contributed by atoms with Gasteiger partial charge in [0.2, 0.25) is 0 Å². The summed E-state index contributed by atoms with van der Waals surface area (Å²) in [7, 11) is -1.04. The molecule has 3 rings (SSSR count). The molecule has 0 radical (unpaired) electrons. The van der Waals surface area contributed by atoms with Gasteiger partial charge in [0.05, 0.1) is 16.7 Å². The van der Waals surface area contributed by atoms with E-state index in [4.69, 9.17) is 20.9 Å². The number of nitrogens with zero attached hydrogens (tertiary/aromatic N) is 1. The van der Waals surface area contributed by atoms with Crippen molar-refractivity contribution in [2.45, 2.75) is 45.8 Å². The van der Waals surface area contributed by atoms with Gasteiger partial charge in [0.25, 0.3) is 0 Å². The first kappa shape index (κ1) is 17.4. The minimum atomic E-state index is -1.04. The maximum Gasteiger partial charge on any atom is 0.525 e. The number of hydrogen-bond acceptors (Lipinski definition) is 3. The molecule has 1 fully saturated rings. The van der Waals surface area contributed by atoms with Crippen LogP contribution < -0.4 is 0 Å². The van der Waals surface area contributed by atoms with E-state index in [2.05, 4.69) is 4.98 Å². The average molecular weight is 348 g/mol. The molecule has 1 aliphatic rings. The molecule has 0 bridgehead atoms. The highest BCUT2D eigenvalue weighted by atomic mass is 35.5. The fraction of sp³-hybridized carbons (Fsp3) is 0.389. The first-order chi connectivity index (χ1) is 11.1. The summed E-state index contributed by atoms with van der Waals surface area (Å²) in [5, 5.41) is 1.16. The summed E-state index contributed by atoms with van der Waals surface area (Å²) in [5.74, 6) is 0. The van der Waals surface area contributed by atoms with Crippen molar-refractivity contribution < 1.29 is 13.7 Å². The second-order valence-corrected chi connectivity index (χ2v) is 7.49. The van der Waals surface area contributed by atoms with Crippen molar-refractivity contribution in [3.05, 3.63) is 46.3 Å². The van der Waals surface area contributed by atoms with Crippen molar-refractivity contribution in [2.24, 2.45) is 0 Å². The first-order valence-electron chi connectivity index (χ1n) is 7.89. The SMILES string of the molecule is Cc1cccc2cc(C=C(F)B3OC(C)(C)C(C)(C)O3)c(Cl)nc12. The third-order valence-electron chi connectivity index (χ3n) is 4.80. The molecule has 0 saturated carbocycles. The Labute approximate surface area is 147 Å². The van der Waals surface area contributed by atoms with E-state index in [-0.39, 0.29) is 5.15 Å². The molecule has 6 heteroatoms. The normalized spacial score (nSPS) is 20.0. The zero-order chi connectivity index (χ0) is 17.7. The Morgan fingerprint density at radius 3 is 2.46 bits per heavy atom. The van der Waals surface area contributed by atoms with E-state index in [0.717, 1.165) is 16.5 Å². The van der Waals surface area contributed by atoms with Gasteiger partial charge in [-0.2, -0.15) is 0 Å². The number of aryl methyl sites for hydroxylation is 1. The Hall–Kier alpha value is -1.43. The minimum absolute atomic E-state index is 0.253. The molecule has 1 aromatic heterocycles. The Kier molecular flexibility index (Phi) is 4.23. The van der Waals surface area contributed by atoms with Gasteiger partial charge in [0, 0.05) is 10.9 Å². The van der Waals surface area contributed by atoms with Crippen LogP contribution in [0.15, 0.2) is 30.0 Å². The van der Waals surface area contributed by atoms with Gasteiger partial charge in [-0.1, -0.05) is 29.8 Å². The van der Waals surface area contributed by atoms with Gasteiger partial charge in [-0.05, 0) is 52.3 Å². The van der Waals surface area contributed by atoms with Crippen molar-refractivity contribution in [3.8, 4) is 0 Å². The standard InChI is InChI=1S/C18H20BClFNO2/c1-11-7-6-8-12-9-13(16(20)22-15(11)12)10-14(21)19-23-17(2,3)18(4,5)24-19/h6-10H,1-5H3. The smallest absolute Gasteiger partial charge is 0.398 e. The van der Waals surface area contributed by atoms with E-state index >= 15 is 0 Å². The van der Waals surface area contributed by atoms with Gasteiger partial charge >= 0.3 is 7.12 Å². The number of pyridine rings is 1. The van der Waals surface area contributed by atoms with Crippen LogP contribution in [0.3, 0.4) is 0 Å². The summed E-state index contributed by atoms with van der Waals surface area (Å²) in [4.78, 5) is 4.38. The van der Waals surface area contributed by atoms with Crippen LogP contribution in [-0.4, -0.2) is 23.3 Å². The summed E-state index contributed by atoms with van der Waals surface area (Å²) < 4.78 is 26.1. The van der Waals surface area contributed by atoms with E-state index in [0.29, 0.717) is 5.56 Å². The second kappa shape index (κ2) is 5.83. The molecule has 0 unspecified atom stereocenters. The molecule has 2 aromatic rings. The lowest BCUT2D eigenvalue weighted by Gasteiger charge is -2.32. The van der Waals surface area contributed by atoms with Crippen molar-refractivity contribution in [1.29, 1.82) is 0 Å². The lowest BCUT2D eigenvalue weighted by Crippen LogP contribution is -2.41. The molecule has 126 valence electrons. The van der Waals surface area contributed by atoms with Crippen LogP contribution in [-0.2, 0) is 9.31 Å². The van der Waals surface area contributed by atoms with Crippen molar-refractivity contribution >= 4 is 35.7 Å². The van der Waals surface area contributed by atoms with E-state index in [1.807, 2.05) is 58.9 Å². The van der Waals surface area contributed by atoms with Gasteiger partial charge in [-0.25, -0.2) is 9.37 Å². The van der Waals surface area contributed by atoms with Gasteiger partial charge < -0.3 is 9.31 Å². The largest absolute Gasteiger partial charge is 0.525 e. The topological polar surface area (TPSA) is 31.4 Å². The third-order valence-corrected chi connectivity index (χ3v) is 5.10. The molecule has 3 nitrogen and oxygen atoms in total. The molecule has 0 amide bonds. The number of rotatable bonds is 2. The maximum absolute atomic E-state index is 14.7. The number of hydrogen-bond donors (Lipinski definition) is 0. The Morgan fingerprint density at radius 2 is 1.83 bits per heavy atom. The summed E-state index contributed by atoms with van der Waals surface area (Å²) in [6.07, 6.45) is 1.33. The van der Waals surface area contributed by atoms with Crippen LogP contribution in [0.1, 0.15) is 38.8 Å². The van der Waals surface area contributed by atoms with Crippen LogP contribution >= 0.6 is 11.6 Å². The lowest BCUT2D eigenvalue weighted by molar-refractivity contribution is 0.00578. The Morgan fingerprint density at radius 1 is 1.21 bits per heavy atom. The van der Waals surface area contributed by atoms with E-state index in [9.17, 15) is 4.39 Å². The molecule has 1 saturated heterocycles. The number of halogens is 2. The van der Waals surface area contributed by atoms with Crippen molar-refractivity contribution in [3.63, 3.8) is 0 Å². The number of fused-ring (bicyclic) bond motifs is 1. The second-order valence-electron chi connectivity index (χ2n) is 7.13. The molecule has 1 aliphatic heterocycles. The van der Waals surface area contributed by atoms with Crippen LogP contribution in [0, 0.1) is 6.92 Å². The van der Waals surface area contributed by atoms with Gasteiger partial charge in [0.15, 0.2) is 0 Å². The fourth-order valence-corrected chi connectivity index (χ4v) is 2.81. The summed E-state index contributed by atoms with van der Waals surface area (Å²) in [6.45, 7) is 9.49. The number of para-hydroxylation sites is 1. The van der Waals surface area contributed by atoms with E-state index in [1.165, 1.54) is 6.08 Å². The monoisotopic (exact) mass is 347 g/mol. The predicted octanol–water partition coefficient (Wildman–Crippen LogP) is 5.14. The molecule has 2 heterocycles. The Balaban J connectivity index is 1.97. The predicted molar refractivity (Wildman–Crippen MR) is 96.7 cm³/mol. The molecule has 0 aliphatic carbocycles. The Bertz CT molecular complexity index is 819. The van der Waals surface area contributed by atoms with E-state index < -0.39 is 24.0 Å². The molecular weight excluding hydrogens is 327 g/mol. The van der Waals surface area contributed by atoms with Crippen LogP contribution in [0.5, 0.6) is 0 Å². The number of aromatic nitrogens is 1. The molecule has 0 spiro atoms. The highest BCUT2D eigenvalue weighted by Gasteiger charge is 2.53. The summed E-state index contributed by atoms with van der Waals surface area (Å²) >= 11 is 6.23. The molecule has 24 heavy (non-hydrogen) atoms. The van der Waals surface area contributed by atoms with Crippen LogP contribution in [0.2, 0.25) is 5.15 Å². The zero-order valence-corrected chi connectivity index (χ0v) is 15.2. The van der Waals surface area contributed by atoms with Crippen LogP contribution in [0.25, 0.3) is 17.0 Å². The van der Waals surface area contributed by atoms with Crippen LogP contribution in [0.4, 0.5) is 4.39 Å². The van der Waals surface area contributed by atoms with Gasteiger partial charge in [0.1, 0.15) is 10.9 Å². The fourth-order valence-electron chi connectivity index (χ4n) is 2.61. The third kappa shape index (κ3) is 2.96. The van der Waals surface area contributed by atoms with Crippen molar-refractivity contribution in [2.75, 3.05) is 0 Å². The molecule has 0 N–H and O–H groups in total. The quantitative estimate of drug-likeness (QED) is 0.557. The summed E-state index contributed by atoms with van der Waals surface area (Å²) in [5.41, 5.74) is 0.634. The average Bonchev–Trinajstić information content (AvgIpc) is 2.69. The van der Waals surface area contributed by atoms with Gasteiger partial charge in [-0.3, -0.25) is 0 Å². The molecular formula is C18H20BClFNO2. The minimum Gasteiger partial charge on any atom is -0.398 e. The number of benzene rings is 1.